The van der Waals surface area contributed by atoms with Gasteiger partial charge in [0.2, 0.25) is 0 Å². The lowest BCUT2D eigenvalue weighted by atomic mass is 10.0. The van der Waals surface area contributed by atoms with E-state index in [-0.39, 0.29) is 0 Å². The molecule has 0 saturated heterocycles. The van der Waals surface area contributed by atoms with Crippen molar-refractivity contribution in [2.45, 2.75) is 413 Å². The SMILES string of the molecule is CCCCCCCCCCCCCCCCCCC[18C](=O)O.CCCCCCCCCCCCCCCCC[16C](=O)O.CCCCCCCCCCCCCCC[14C](=O)O.CCCCCCCCCCCCC[12C](=O)O. The minimum absolute atomic E-state index is 0.344. The largest absolute Gasteiger partial charge is 0.481 e. The van der Waals surface area contributed by atoms with Crippen LogP contribution in [0.25, 0.3) is 0 Å². The zero-order valence-corrected chi connectivity index (χ0v) is 51.8. The minimum Gasteiger partial charge on any atom is -0.481 e. The average Bonchev–Trinajstić information content (AvgIpc) is 3.39. The first-order valence-corrected chi connectivity index (χ1v) is 34.0. The van der Waals surface area contributed by atoms with Crippen LogP contribution >= 0.6 is 0 Å². The lowest BCUT2D eigenvalue weighted by Gasteiger charge is -2.03. The van der Waals surface area contributed by atoms with Gasteiger partial charge in [0.15, 0.2) is 0 Å². The summed E-state index contributed by atoms with van der Waals surface area (Å²) in [5.74, 6) is -2.62. The second kappa shape index (κ2) is 77.1. The van der Waals surface area contributed by atoms with E-state index in [2.05, 4.69) is 27.7 Å². The molecule has 0 aromatic rings. The highest BCUT2D eigenvalue weighted by molar-refractivity contribution is 5.67. The number of carboxylic acids is 4. The summed E-state index contributed by atoms with van der Waals surface area (Å²) >= 11 is 0. The summed E-state index contributed by atoms with van der Waals surface area (Å²) in [5.41, 5.74) is 0. The Morgan fingerprint density at radius 3 is 0.750 bits per heavy atom. The Morgan fingerprint density at radius 1 is 0.355 bits per heavy atom. The van der Waals surface area contributed by atoms with Crippen LogP contribution < -0.4 is 0 Å². The molecule has 0 rings (SSSR count). The molecular formula is C68H136O8. The molecule has 0 aliphatic carbocycles. The van der Waals surface area contributed by atoms with Crippen LogP contribution in [0.3, 0.4) is 0 Å². The first kappa shape index (κ1) is 80.4. The van der Waals surface area contributed by atoms with Crippen LogP contribution in [0.4, 0.5) is 0 Å². The summed E-state index contributed by atoms with van der Waals surface area (Å²) < 4.78 is 0. The maximum atomic E-state index is 10.4. The number of carboxylic acid groups (broad SMARTS) is 4. The molecule has 0 atom stereocenters. The molecule has 76 heavy (non-hydrogen) atoms. The highest BCUT2D eigenvalue weighted by Crippen LogP contribution is 2.17. The quantitative estimate of drug-likeness (QED) is 0.0440. The van der Waals surface area contributed by atoms with Gasteiger partial charge in [0, 0.05) is 25.7 Å². The third-order valence-electron chi connectivity index (χ3n) is 15.0. The second-order valence-electron chi connectivity index (χ2n) is 23.0. The van der Waals surface area contributed by atoms with Gasteiger partial charge in [0.25, 0.3) is 0 Å². The van der Waals surface area contributed by atoms with E-state index in [9.17, 15) is 19.2 Å². The van der Waals surface area contributed by atoms with Gasteiger partial charge in [-0.25, -0.2) is 0 Å². The van der Waals surface area contributed by atoms with Crippen LogP contribution in [0.2, 0.25) is 0 Å². The van der Waals surface area contributed by atoms with E-state index in [0.29, 0.717) is 25.7 Å². The molecule has 0 unspecified atom stereocenters. The van der Waals surface area contributed by atoms with Crippen LogP contribution in [0, 0.1) is 0 Å². The Labute approximate surface area is 474 Å². The molecule has 0 radical (unpaired) electrons. The Morgan fingerprint density at radius 2 is 0.553 bits per heavy atom. The lowest BCUT2D eigenvalue weighted by Crippen LogP contribution is -1.93. The Kier molecular flexibility index (Phi) is 81.5. The van der Waals surface area contributed by atoms with Gasteiger partial charge in [-0.3, -0.25) is 19.2 Å². The molecule has 0 aliphatic heterocycles. The average molecular weight is 1090 g/mol. The molecule has 0 heterocycles. The molecule has 0 saturated carbocycles. The van der Waals surface area contributed by atoms with E-state index >= 15 is 0 Å². The van der Waals surface area contributed by atoms with Crippen molar-refractivity contribution >= 4 is 23.9 Å². The van der Waals surface area contributed by atoms with Crippen molar-refractivity contribution in [1.29, 1.82) is 0 Å². The van der Waals surface area contributed by atoms with Crippen molar-refractivity contribution in [3.8, 4) is 0 Å². The van der Waals surface area contributed by atoms with Crippen molar-refractivity contribution in [1.82, 2.24) is 0 Å². The fraction of sp³-hybridized carbons (Fsp3) is 0.941. The highest BCUT2D eigenvalue weighted by atomic mass is 18.7. The summed E-state index contributed by atoms with van der Waals surface area (Å²) in [7, 11) is 0. The maximum Gasteiger partial charge on any atom is 0.303 e. The number of carbonyl (C=O) groups is 4. The Balaban J connectivity index is -0.000000458. The summed E-state index contributed by atoms with van der Waals surface area (Å²) in [6.45, 7) is 9.05. The predicted octanol–water partition coefficient (Wildman–Crippen LogP) is 23.8. The van der Waals surface area contributed by atoms with Gasteiger partial charge in [-0.15, -0.1) is 0 Å². The van der Waals surface area contributed by atoms with Crippen LogP contribution in [-0.2, 0) is 19.2 Å². The third kappa shape index (κ3) is 94.3. The van der Waals surface area contributed by atoms with Crippen LogP contribution in [0.15, 0.2) is 0 Å². The molecule has 8 nitrogen and oxygen atoms in total. The molecule has 0 spiro atoms. The van der Waals surface area contributed by atoms with E-state index in [1.807, 2.05) is 0 Å². The molecule has 0 amide bonds. The van der Waals surface area contributed by atoms with E-state index < -0.39 is 23.9 Å². The normalized spacial score (nSPS) is 10.8. The number of hydrogen-bond donors (Lipinski definition) is 4. The zero-order valence-electron chi connectivity index (χ0n) is 51.8. The molecule has 456 valence electrons. The van der Waals surface area contributed by atoms with Gasteiger partial charge in [-0.1, -0.05) is 362 Å². The van der Waals surface area contributed by atoms with Gasteiger partial charge >= 0.3 is 23.9 Å². The number of rotatable bonds is 60. The highest BCUT2D eigenvalue weighted by Gasteiger charge is 2.01. The van der Waals surface area contributed by atoms with Gasteiger partial charge in [0.1, 0.15) is 0 Å². The fourth-order valence-electron chi connectivity index (χ4n) is 9.88. The summed E-state index contributed by atoms with van der Waals surface area (Å²) in [5, 5.41) is 34.0. The summed E-state index contributed by atoms with van der Waals surface area (Å²) in [4.78, 5) is 41.3. The van der Waals surface area contributed by atoms with Crippen molar-refractivity contribution < 1.29 is 39.6 Å². The smallest absolute Gasteiger partial charge is 0.303 e. The summed E-state index contributed by atoms with van der Waals surface area (Å²) in [6.07, 6.45) is 75.0. The molecule has 0 aromatic heterocycles. The van der Waals surface area contributed by atoms with Crippen molar-refractivity contribution in [2.75, 3.05) is 0 Å². The molecule has 4 N–H and O–H groups in total. The van der Waals surface area contributed by atoms with E-state index in [4.69, 9.17) is 20.4 Å². The molecule has 8 heteroatoms. The second-order valence-corrected chi connectivity index (χ2v) is 23.0. The molecular weight excluding hydrogens is 957 g/mol. The van der Waals surface area contributed by atoms with Crippen LogP contribution in [0.1, 0.15) is 413 Å². The minimum atomic E-state index is -0.657. The first-order valence-electron chi connectivity index (χ1n) is 34.0. The fourth-order valence-corrected chi connectivity index (χ4v) is 9.88. The van der Waals surface area contributed by atoms with Crippen molar-refractivity contribution in [3.63, 3.8) is 0 Å². The number of aliphatic carboxylic acids is 4. The van der Waals surface area contributed by atoms with Crippen molar-refractivity contribution in [2.24, 2.45) is 0 Å². The van der Waals surface area contributed by atoms with E-state index in [1.165, 1.54) is 308 Å². The van der Waals surface area contributed by atoms with E-state index in [0.717, 1.165) is 51.4 Å². The molecule has 0 aromatic carbocycles. The molecule has 0 fully saturated rings. The molecule has 0 aliphatic rings. The predicted molar refractivity (Wildman–Crippen MR) is 330 cm³/mol. The van der Waals surface area contributed by atoms with E-state index in [1.54, 1.807) is 0 Å². The third-order valence-corrected chi connectivity index (χ3v) is 15.0. The lowest BCUT2D eigenvalue weighted by molar-refractivity contribution is -0.138. The standard InChI is InChI=1S/C20H40O2.C18H36O2.C16H32O2.C14H28O2/c1-2-3-4-5-6-7-8-9-10-11-12-13-14-15-16-17-18-19-20(21)22;1-2-3-4-5-6-7-8-9-10-11-12-13-14-15-16-17-18(19)20;1-2-3-4-5-6-7-8-9-10-11-12-13-14-15-16(17)18;1-2-3-4-5-6-7-8-9-10-11-12-13-14(15)16/h2-19H2,1H3,(H,21,22);2-17H2,1H3,(H,19,20);2-15H2,1H3,(H,17,18);2-13H2,1H3,(H,15,16)/i20+6;18+4;16+2;14+0. The van der Waals surface area contributed by atoms with Gasteiger partial charge < -0.3 is 20.4 Å². The Bertz CT molecular complexity index is 1090. The zero-order chi connectivity index (χ0) is 56.7. The van der Waals surface area contributed by atoms with Gasteiger partial charge in [-0.2, -0.15) is 0 Å². The number of unbranched alkanes of at least 4 members (excludes halogenated alkanes) is 52. The maximum absolute atomic E-state index is 10.4. The summed E-state index contributed by atoms with van der Waals surface area (Å²) in [6, 6.07) is 0. The molecule has 0 bridgehead atoms. The van der Waals surface area contributed by atoms with Gasteiger partial charge in [0.05, 0.1) is 0 Å². The monoisotopic (exact) mass is 1090 g/mol. The van der Waals surface area contributed by atoms with Crippen molar-refractivity contribution in [3.05, 3.63) is 0 Å². The Hall–Kier alpha value is -2.12. The first-order chi connectivity index (χ1) is 37.1. The topological polar surface area (TPSA) is 149 Å². The number of hydrogen-bond acceptors (Lipinski definition) is 4. The van der Waals surface area contributed by atoms with Crippen LogP contribution in [0.5, 0.6) is 0 Å². The van der Waals surface area contributed by atoms with Crippen LogP contribution in [-0.4, -0.2) is 44.3 Å². The van der Waals surface area contributed by atoms with Gasteiger partial charge in [-0.05, 0) is 25.7 Å².